The maximum atomic E-state index is 11.7. The highest BCUT2D eigenvalue weighted by atomic mass is 16.4. The van der Waals surface area contributed by atoms with Crippen LogP contribution in [0.4, 0.5) is 0 Å². The van der Waals surface area contributed by atoms with Crippen molar-refractivity contribution < 1.29 is 14.7 Å². The number of aliphatic carboxylic acids is 1. The first-order valence-corrected chi connectivity index (χ1v) is 10.4. The predicted molar refractivity (Wildman–Crippen MR) is 103 cm³/mol. The topological polar surface area (TPSA) is 79.4 Å². The molecule has 0 atom stereocenters. The number of nitrogens with zero attached hydrogens (tertiary/aromatic N) is 4. The van der Waals surface area contributed by atoms with Gasteiger partial charge in [-0.25, -0.2) is 5.01 Å². The van der Waals surface area contributed by atoms with Crippen LogP contribution in [0.1, 0.15) is 32.6 Å². The van der Waals surface area contributed by atoms with Crippen LogP contribution >= 0.6 is 0 Å². The molecule has 3 aliphatic heterocycles. The third-order valence-corrected chi connectivity index (χ3v) is 6.33. The van der Waals surface area contributed by atoms with Crippen LogP contribution in [0.5, 0.6) is 0 Å². The number of hydrazine groups is 1. The Balaban J connectivity index is 1.38. The lowest BCUT2D eigenvalue weighted by atomic mass is 9.96. The van der Waals surface area contributed by atoms with E-state index >= 15 is 0 Å². The summed E-state index contributed by atoms with van der Waals surface area (Å²) in [4.78, 5) is 28.0. The number of carboxylic acids is 1. The van der Waals surface area contributed by atoms with Gasteiger partial charge in [0.05, 0.1) is 0 Å². The van der Waals surface area contributed by atoms with Crippen LogP contribution in [0.2, 0.25) is 0 Å². The SMILES string of the molecule is CC(=O)N(CC(=O)O)N1CCC(CN2CCN(C3CCNCC3)CC2)CC1. The van der Waals surface area contributed by atoms with E-state index in [9.17, 15) is 9.59 Å². The molecule has 3 rings (SSSR count). The Kier molecular flexibility index (Phi) is 7.46. The standard InChI is InChI=1S/C19H35N5O3/c1-16(25)24(15-19(26)27)23-8-4-17(5-9-23)14-21-10-12-22(13-11-21)18-2-6-20-7-3-18/h17-18,20H,2-15H2,1H3,(H,26,27). The van der Waals surface area contributed by atoms with Crippen LogP contribution in [0.15, 0.2) is 0 Å². The van der Waals surface area contributed by atoms with Crippen molar-refractivity contribution in [2.75, 3.05) is 65.4 Å². The zero-order chi connectivity index (χ0) is 19.2. The van der Waals surface area contributed by atoms with Gasteiger partial charge >= 0.3 is 5.97 Å². The van der Waals surface area contributed by atoms with Gasteiger partial charge in [-0.2, -0.15) is 0 Å². The summed E-state index contributed by atoms with van der Waals surface area (Å²) >= 11 is 0. The molecule has 2 N–H and O–H groups in total. The van der Waals surface area contributed by atoms with E-state index in [1.54, 1.807) is 0 Å². The summed E-state index contributed by atoms with van der Waals surface area (Å²) in [5, 5.41) is 15.8. The van der Waals surface area contributed by atoms with Gasteiger partial charge in [0, 0.05) is 58.8 Å². The zero-order valence-electron chi connectivity index (χ0n) is 16.6. The number of carboxylic acid groups (broad SMARTS) is 1. The second kappa shape index (κ2) is 9.82. The summed E-state index contributed by atoms with van der Waals surface area (Å²) in [6.07, 6.45) is 4.61. The molecular weight excluding hydrogens is 346 g/mol. The van der Waals surface area contributed by atoms with E-state index in [4.69, 9.17) is 5.11 Å². The van der Waals surface area contributed by atoms with Gasteiger partial charge in [-0.15, -0.1) is 0 Å². The number of amides is 1. The monoisotopic (exact) mass is 381 g/mol. The largest absolute Gasteiger partial charge is 0.480 e. The van der Waals surface area contributed by atoms with Crippen LogP contribution in [0, 0.1) is 5.92 Å². The lowest BCUT2D eigenvalue weighted by Crippen LogP contribution is -2.54. The molecule has 0 bridgehead atoms. The molecule has 0 aromatic carbocycles. The highest BCUT2D eigenvalue weighted by Crippen LogP contribution is 2.21. The maximum Gasteiger partial charge on any atom is 0.324 e. The van der Waals surface area contributed by atoms with E-state index in [0.29, 0.717) is 5.92 Å². The lowest BCUT2D eigenvalue weighted by Gasteiger charge is -2.43. The van der Waals surface area contributed by atoms with Gasteiger partial charge in [0.2, 0.25) is 5.91 Å². The normalized spacial score (nSPS) is 24.8. The highest BCUT2D eigenvalue weighted by molar-refractivity contribution is 5.79. The fourth-order valence-corrected chi connectivity index (χ4v) is 4.73. The lowest BCUT2D eigenvalue weighted by molar-refractivity contribution is -0.160. The highest BCUT2D eigenvalue weighted by Gasteiger charge is 2.29. The van der Waals surface area contributed by atoms with E-state index < -0.39 is 5.97 Å². The van der Waals surface area contributed by atoms with E-state index in [1.807, 2.05) is 5.01 Å². The van der Waals surface area contributed by atoms with Gasteiger partial charge < -0.3 is 15.3 Å². The molecule has 8 nitrogen and oxygen atoms in total. The summed E-state index contributed by atoms with van der Waals surface area (Å²) in [7, 11) is 0. The summed E-state index contributed by atoms with van der Waals surface area (Å²) in [5.74, 6) is -0.505. The first-order chi connectivity index (χ1) is 13.0. The molecule has 27 heavy (non-hydrogen) atoms. The van der Waals surface area contributed by atoms with Crippen LogP contribution in [-0.2, 0) is 9.59 Å². The molecule has 1 amide bonds. The zero-order valence-corrected chi connectivity index (χ0v) is 16.6. The van der Waals surface area contributed by atoms with Crippen LogP contribution in [0.25, 0.3) is 0 Å². The summed E-state index contributed by atoms with van der Waals surface area (Å²) in [6.45, 7) is 10.9. The van der Waals surface area contributed by atoms with Gasteiger partial charge in [-0.3, -0.25) is 19.5 Å². The molecule has 3 fully saturated rings. The molecule has 0 saturated carbocycles. The summed E-state index contributed by atoms with van der Waals surface area (Å²) in [5.41, 5.74) is 0. The molecule has 3 aliphatic rings. The Labute approximate surface area is 162 Å². The fourth-order valence-electron chi connectivity index (χ4n) is 4.73. The third kappa shape index (κ3) is 5.88. The quantitative estimate of drug-likeness (QED) is 0.666. The first-order valence-electron chi connectivity index (χ1n) is 10.4. The molecule has 8 heteroatoms. The van der Waals surface area contributed by atoms with Gasteiger partial charge in [0.25, 0.3) is 0 Å². The van der Waals surface area contributed by atoms with Gasteiger partial charge in [0.1, 0.15) is 6.54 Å². The molecule has 0 unspecified atom stereocenters. The number of rotatable bonds is 6. The smallest absolute Gasteiger partial charge is 0.324 e. The van der Waals surface area contributed by atoms with Crippen LogP contribution in [0.3, 0.4) is 0 Å². The van der Waals surface area contributed by atoms with Crippen molar-refractivity contribution in [3.05, 3.63) is 0 Å². The Hall–Kier alpha value is -1.22. The molecule has 0 aromatic heterocycles. The summed E-state index contributed by atoms with van der Waals surface area (Å²) < 4.78 is 0. The maximum absolute atomic E-state index is 11.7. The van der Waals surface area contributed by atoms with E-state index in [1.165, 1.54) is 37.9 Å². The minimum Gasteiger partial charge on any atom is -0.480 e. The number of carbonyl (C=O) groups is 2. The number of hydrogen-bond acceptors (Lipinski definition) is 6. The average Bonchev–Trinajstić information content (AvgIpc) is 2.68. The first kappa shape index (κ1) is 20.5. The third-order valence-electron chi connectivity index (χ3n) is 6.33. The molecule has 3 saturated heterocycles. The van der Waals surface area contributed by atoms with Crippen molar-refractivity contribution in [1.82, 2.24) is 25.1 Å². The predicted octanol–water partition coefficient (Wildman–Crippen LogP) is -0.0839. The minimum absolute atomic E-state index is 0.190. The van der Waals surface area contributed by atoms with Gasteiger partial charge in [-0.1, -0.05) is 0 Å². The van der Waals surface area contributed by atoms with E-state index in [-0.39, 0.29) is 12.5 Å². The van der Waals surface area contributed by atoms with Gasteiger partial charge in [0.15, 0.2) is 0 Å². The van der Waals surface area contributed by atoms with E-state index in [2.05, 4.69) is 15.1 Å². The van der Waals surface area contributed by atoms with Crippen molar-refractivity contribution in [2.45, 2.75) is 38.6 Å². The number of piperazine rings is 1. The number of nitrogens with one attached hydrogen (secondary N) is 1. The number of carbonyl (C=O) groups excluding carboxylic acids is 1. The molecule has 0 aliphatic carbocycles. The van der Waals surface area contributed by atoms with Crippen molar-refractivity contribution >= 4 is 11.9 Å². The van der Waals surface area contributed by atoms with Crippen LogP contribution < -0.4 is 5.32 Å². The van der Waals surface area contributed by atoms with Crippen molar-refractivity contribution in [3.63, 3.8) is 0 Å². The number of hydrogen-bond donors (Lipinski definition) is 2. The Bertz CT molecular complexity index is 496. The molecule has 0 aromatic rings. The molecule has 154 valence electrons. The second-order valence-corrected chi connectivity index (χ2v) is 8.19. The van der Waals surface area contributed by atoms with Gasteiger partial charge in [-0.05, 0) is 44.7 Å². The molecule has 0 radical (unpaired) electrons. The van der Waals surface area contributed by atoms with Crippen molar-refractivity contribution in [3.8, 4) is 0 Å². The minimum atomic E-state index is -0.959. The van der Waals surface area contributed by atoms with Crippen molar-refractivity contribution in [2.24, 2.45) is 5.92 Å². The van der Waals surface area contributed by atoms with Crippen LogP contribution in [-0.4, -0.2) is 108 Å². The van der Waals surface area contributed by atoms with Crippen molar-refractivity contribution in [1.29, 1.82) is 0 Å². The fraction of sp³-hybridized carbons (Fsp3) is 0.895. The number of piperidine rings is 2. The molecule has 0 spiro atoms. The Morgan fingerprint density at radius 3 is 2.19 bits per heavy atom. The summed E-state index contributed by atoms with van der Waals surface area (Å²) in [6, 6.07) is 0.767. The Morgan fingerprint density at radius 1 is 1.00 bits per heavy atom. The van der Waals surface area contributed by atoms with E-state index in [0.717, 1.165) is 64.7 Å². The Morgan fingerprint density at radius 2 is 1.63 bits per heavy atom. The average molecular weight is 382 g/mol. The molecular formula is C19H35N5O3. The molecule has 3 heterocycles. The second-order valence-electron chi connectivity index (χ2n) is 8.19.